The van der Waals surface area contributed by atoms with Crippen LogP contribution in [-0.4, -0.2) is 23.2 Å². The minimum atomic E-state index is -0.764. The van der Waals surface area contributed by atoms with E-state index in [0.717, 1.165) is 39.0 Å². The number of nitrogens with one attached hydrogen (secondary N) is 1. The first-order valence-corrected chi connectivity index (χ1v) is 15.2. The molecule has 0 heterocycles. The number of benzene rings is 5. The minimum absolute atomic E-state index is 0.0380. The molecule has 1 aliphatic rings. The zero-order valence-electron chi connectivity index (χ0n) is 25.2. The van der Waals surface area contributed by atoms with Crippen LogP contribution in [-0.2, 0) is 22.7 Å². The fourth-order valence-corrected chi connectivity index (χ4v) is 5.69. The Hall–Kier alpha value is -5.88. The number of rotatable bonds is 8. The van der Waals surface area contributed by atoms with Crippen molar-refractivity contribution in [3.05, 3.63) is 197 Å². The van der Waals surface area contributed by atoms with E-state index in [1.165, 1.54) is 5.01 Å². The van der Waals surface area contributed by atoms with Crippen LogP contribution < -0.4 is 5.43 Å². The zero-order chi connectivity index (χ0) is 31.6. The lowest BCUT2D eigenvalue weighted by Crippen LogP contribution is -2.54. The van der Waals surface area contributed by atoms with Crippen LogP contribution in [0.25, 0.3) is 5.57 Å². The Morgan fingerprint density at radius 1 is 0.587 bits per heavy atom. The maximum absolute atomic E-state index is 14.1. The van der Waals surface area contributed by atoms with Crippen molar-refractivity contribution < 1.29 is 19.1 Å². The summed E-state index contributed by atoms with van der Waals surface area (Å²) in [5, 5.41) is 1.29. The van der Waals surface area contributed by atoms with Gasteiger partial charge in [-0.3, -0.25) is 0 Å². The number of nitrogens with zero attached hydrogens (tertiary/aromatic N) is 1. The summed E-state index contributed by atoms with van der Waals surface area (Å²) in [5.74, 6) is -0.294. The van der Waals surface area contributed by atoms with E-state index >= 15 is 0 Å². The SMILES string of the molecule is O=C(NN(C(=O)OCc1ccccc1)[C@H]1C(=C(c2ccccc2)c2ccccc2)C=C[C@@H]1c1ccccc1)OCc1ccccc1. The Morgan fingerprint density at radius 2 is 1.04 bits per heavy atom. The number of hydrogen-bond donors (Lipinski definition) is 1. The van der Waals surface area contributed by atoms with Gasteiger partial charge in [-0.15, -0.1) is 0 Å². The van der Waals surface area contributed by atoms with Gasteiger partial charge in [0.25, 0.3) is 0 Å². The summed E-state index contributed by atoms with van der Waals surface area (Å²) in [6.07, 6.45) is 2.66. The Kier molecular flexibility index (Phi) is 9.66. The van der Waals surface area contributed by atoms with E-state index in [1.807, 2.05) is 133 Å². The molecule has 0 unspecified atom stereocenters. The minimum Gasteiger partial charge on any atom is -0.443 e. The molecule has 6 heteroatoms. The van der Waals surface area contributed by atoms with Gasteiger partial charge < -0.3 is 9.47 Å². The third kappa shape index (κ3) is 7.25. The molecule has 5 aromatic carbocycles. The highest BCUT2D eigenvalue weighted by Crippen LogP contribution is 2.41. The molecule has 2 atom stereocenters. The van der Waals surface area contributed by atoms with Crippen molar-refractivity contribution in [1.29, 1.82) is 0 Å². The first-order valence-electron chi connectivity index (χ1n) is 15.2. The van der Waals surface area contributed by atoms with Gasteiger partial charge in [0.15, 0.2) is 0 Å². The molecule has 0 saturated heterocycles. The Balaban J connectivity index is 1.43. The summed E-state index contributed by atoms with van der Waals surface area (Å²) in [5.41, 5.74) is 9.19. The van der Waals surface area contributed by atoms with Crippen LogP contribution >= 0.6 is 0 Å². The first kappa shape index (κ1) is 30.2. The number of carbonyl (C=O) groups is 2. The Labute approximate surface area is 269 Å². The highest BCUT2D eigenvalue weighted by atomic mass is 16.6. The summed E-state index contributed by atoms with van der Waals surface area (Å²) in [4.78, 5) is 27.5. The third-order valence-corrected chi connectivity index (χ3v) is 7.84. The van der Waals surface area contributed by atoms with Crippen LogP contribution in [0.4, 0.5) is 9.59 Å². The van der Waals surface area contributed by atoms with Gasteiger partial charge >= 0.3 is 12.2 Å². The second-order valence-corrected chi connectivity index (χ2v) is 10.9. The van der Waals surface area contributed by atoms with E-state index in [2.05, 4.69) is 35.8 Å². The monoisotopic (exact) mass is 606 g/mol. The number of ether oxygens (including phenoxy) is 2. The molecule has 46 heavy (non-hydrogen) atoms. The molecule has 0 aromatic heterocycles. The average Bonchev–Trinajstić information content (AvgIpc) is 3.55. The topological polar surface area (TPSA) is 67.9 Å². The van der Waals surface area contributed by atoms with E-state index in [9.17, 15) is 9.59 Å². The van der Waals surface area contributed by atoms with Gasteiger partial charge in [-0.2, -0.15) is 0 Å². The van der Waals surface area contributed by atoms with Crippen LogP contribution in [0, 0.1) is 0 Å². The molecule has 0 fully saturated rings. The standard InChI is InChI=1S/C40H34N2O4/c43-39(45-28-30-16-6-1-7-17-30)41-42(40(44)46-29-31-18-8-2-9-19-31)38-35(32-20-10-3-11-21-32)26-27-36(38)37(33-22-12-4-13-23-33)34-24-14-5-15-25-34/h1-27,35,38H,28-29H2,(H,41,43)/t35-,38-/m1/s1. The molecular formula is C40H34N2O4. The maximum atomic E-state index is 14.1. The second kappa shape index (κ2) is 14.7. The highest BCUT2D eigenvalue weighted by molar-refractivity contribution is 5.86. The summed E-state index contributed by atoms with van der Waals surface area (Å²) >= 11 is 0. The van der Waals surface area contributed by atoms with E-state index in [4.69, 9.17) is 9.47 Å². The molecule has 1 N–H and O–H groups in total. The molecule has 0 saturated carbocycles. The van der Waals surface area contributed by atoms with Crippen molar-refractivity contribution in [2.24, 2.45) is 0 Å². The van der Waals surface area contributed by atoms with E-state index < -0.39 is 18.2 Å². The van der Waals surface area contributed by atoms with Crippen LogP contribution in [0.5, 0.6) is 0 Å². The van der Waals surface area contributed by atoms with Gasteiger partial charge in [0, 0.05) is 5.92 Å². The van der Waals surface area contributed by atoms with Gasteiger partial charge in [0.05, 0.1) is 6.04 Å². The van der Waals surface area contributed by atoms with Crippen LogP contribution in [0.2, 0.25) is 0 Å². The van der Waals surface area contributed by atoms with Crippen molar-refractivity contribution >= 4 is 17.8 Å². The highest BCUT2D eigenvalue weighted by Gasteiger charge is 2.40. The smallest absolute Gasteiger partial charge is 0.429 e. The van der Waals surface area contributed by atoms with Crippen LogP contribution in [0.15, 0.2) is 169 Å². The molecule has 1 aliphatic carbocycles. The van der Waals surface area contributed by atoms with E-state index in [0.29, 0.717) is 0 Å². The average molecular weight is 607 g/mol. The quantitative estimate of drug-likeness (QED) is 0.180. The molecule has 0 aliphatic heterocycles. The molecule has 0 bridgehead atoms. The van der Waals surface area contributed by atoms with Crippen molar-refractivity contribution in [3.63, 3.8) is 0 Å². The van der Waals surface area contributed by atoms with Gasteiger partial charge in [-0.05, 0) is 39.0 Å². The molecule has 6 rings (SSSR count). The van der Waals surface area contributed by atoms with Crippen molar-refractivity contribution in [2.45, 2.75) is 25.2 Å². The summed E-state index contributed by atoms with van der Waals surface area (Å²) in [7, 11) is 0. The van der Waals surface area contributed by atoms with E-state index in [-0.39, 0.29) is 19.1 Å². The maximum Gasteiger partial charge on any atom is 0.429 e. The van der Waals surface area contributed by atoms with Crippen molar-refractivity contribution in [1.82, 2.24) is 10.4 Å². The van der Waals surface area contributed by atoms with Gasteiger partial charge in [0.2, 0.25) is 0 Å². The van der Waals surface area contributed by atoms with E-state index in [1.54, 1.807) is 0 Å². The Morgan fingerprint density at radius 3 is 1.57 bits per heavy atom. The molecule has 0 radical (unpaired) electrons. The van der Waals surface area contributed by atoms with Crippen LogP contribution in [0.3, 0.4) is 0 Å². The third-order valence-electron chi connectivity index (χ3n) is 7.84. The Bertz CT molecular complexity index is 1750. The summed E-state index contributed by atoms with van der Waals surface area (Å²) in [6.45, 7) is 0.0862. The largest absolute Gasteiger partial charge is 0.443 e. The van der Waals surface area contributed by atoms with Crippen molar-refractivity contribution in [2.75, 3.05) is 0 Å². The number of carbonyl (C=O) groups excluding carboxylic acids is 2. The molecule has 6 nitrogen and oxygen atoms in total. The number of hydrazine groups is 1. The fourth-order valence-electron chi connectivity index (χ4n) is 5.69. The molecule has 2 amide bonds. The number of hydrogen-bond acceptors (Lipinski definition) is 4. The van der Waals surface area contributed by atoms with Crippen molar-refractivity contribution in [3.8, 4) is 0 Å². The lowest BCUT2D eigenvalue weighted by molar-refractivity contribution is 0.0516. The predicted octanol–water partition coefficient (Wildman–Crippen LogP) is 8.69. The van der Waals surface area contributed by atoms with Gasteiger partial charge in [0.1, 0.15) is 13.2 Å². The molecule has 0 spiro atoms. The first-order chi connectivity index (χ1) is 22.7. The molecule has 5 aromatic rings. The second-order valence-electron chi connectivity index (χ2n) is 10.9. The predicted molar refractivity (Wildman–Crippen MR) is 179 cm³/mol. The lowest BCUT2D eigenvalue weighted by atomic mass is 9.86. The zero-order valence-corrected chi connectivity index (χ0v) is 25.2. The van der Waals surface area contributed by atoms with Gasteiger partial charge in [-0.1, -0.05) is 164 Å². The van der Waals surface area contributed by atoms with Crippen LogP contribution in [0.1, 0.15) is 33.7 Å². The lowest BCUT2D eigenvalue weighted by Gasteiger charge is -2.34. The summed E-state index contributed by atoms with van der Waals surface area (Å²) in [6, 6.07) is 48.3. The van der Waals surface area contributed by atoms with Gasteiger partial charge in [-0.25, -0.2) is 20.0 Å². The molecular weight excluding hydrogens is 572 g/mol. The normalized spacial score (nSPS) is 15.2. The fraction of sp³-hybridized carbons (Fsp3) is 0.100. The summed E-state index contributed by atoms with van der Waals surface area (Å²) < 4.78 is 11.5. The molecule has 228 valence electrons. The number of amides is 2.